The number of unbranched alkanes of at least 4 members (excludes halogenated alkanes) is 45. The van der Waals surface area contributed by atoms with Crippen molar-refractivity contribution in [3.8, 4) is 0 Å². The Labute approximate surface area is 450 Å². The van der Waals surface area contributed by atoms with Gasteiger partial charge in [-0.3, -0.25) is 9.36 Å². The Kier molecular flexibility index (Phi) is 54.4. The first-order valence-corrected chi connectivity index (χ1v) is 33.5. The number of carbonyl (C=O) groups excluding carboxylic acids is 1. The van der Waals surface area contributed by atoms with Gasteiger partial charge in [-0.1, -0.05) is 302 Å². The molecule has 3 unspecified atom stereocenters. The highest BCUT2D eigenvalue weighted by molar-refractivity contribution is 7.45. The molecule has 0 aliphatic heterocycles. The summed E-state index contributed by atoms with van der Waals surface area (Å²) in [7, 11) is 1.32. The number of carbonyl (C=O) groups is 1. The molecule has 0 aliphatic carbocycles. The van der Waals surface area contributed by atoms with Gasteiger partial charge in [0.1, 0.15) is 13.2 Å². The normalized spacial score (nSPS) is 13.8. The highest BCUT2D eigenvalue weighted by Gasteiger charge is 2.24. The van der Waals surface area contributed by atoms with Crippen molar-refractivity contribution in [1.29, 1.82) is 0 Å². The molecule has 2 N–H and O–H groups in total. The van der Waals surface area contributed by atoms with Crippen molar-refractivity contribution in [3.05, 3.63) is 12.2 Å². The maximum absolute atomic E-state index is 13.0. The molecule has 0 spiro atoms. The highest BCUT2D eigenvalue weighted by Crippen LogP contribution is 2.38. The van der Waals surface area contributed by atoms with E-state index in [0.717, 1.165) is 38.5 Å². The van der Waals surface area contributed by atoms with Crippen molar-refractivity contribution in [1.82, 2.24) is 5.32 Å². The van der Waals surface area contributed by atoms with E-state index in [1.165, 1.54) is 270 Å². The average Bonchev–Trinajstić information content (AvgIpc) is 3.34. The number of allylic oxidation sites excluding steroid dienone is 2. The van der Waals surface area contributed by atoms with Crippen molar-refractivity contribution >= 4 is 13.7 Å². The van der Waals surface area contributed by atoms with E-state index in [1.807, 2.05) is 21.1 Å². The van der Waals surface area contributed by atoms with Crippen LogP contribution in [-0.4, -0.2) is 68.5 Å². The van der Waals surface area contributed by atoms with Gasteiger partial charge in [-0.2, -0.15) is 0 Å². The minimum Gasteiger partial charge on any atom is -0.756 e. The molecule has 0 aromatic carbocycles. The number of nitrogens with one attached hydrogen (secondary N) is 1. The first-order valence-electron chi connectivity index (χ1n) is 32.0. The number of amides is 1. The molecule has 0 heterocycles. The molecule has 430 valence electrons. The van der Waals surface area contributed by atoms with Crippen molar-refractivity contribution in [3.63, 3.8) is 0 Å². The monoisotopic (exact) mass is 1040 g/mol. The smallest absolute Gasteiger partial charge is 0.268 e. The number of likely N-dealkylation sites (N-methyl/N-ethyl adjacent to an activating group) is 1. The average molecular weight is 1040 g/mol. The van der Waals surface area contributed by atoms with E-state index >= 15 is 0 Å². The molecule has 0 aromatic heterocycles. The molecule has 9 heteroatoms. The fraction of sp³-hybridized carbons (Fsp3) is 0.952. The van der Waals surface area contributed by atoms with Gasteiger partial charge in [0, 0.05) is 6.42 Å². The molecule has 0 aliphatic rings. The summed E-state index contributed by atoms with van der Waals surface area (Å²) in [5.74, 6) is -0.160. The van der Waals surface area contributed by atoms with Crippen molar-refractivity contribution in [2.24, 2.45) is 0 Å². The molecule has 0 radical (unpaired) electrons. The summed E-state index contributed by atoms with van der Waals surface area (Å²) in [5.41, 5.74) is 0. The van der Waals surface area contributed by atoms with Crippen molar-refractivity contribution in [2.45, 2.75) is 347 Å². The summed E-state index contributed by atoms with van der Waals surface area (Å²) in [6.07, 6.45) is 68.4. The molecular formula is C63H127N2O6P. The summed E-state index contributed by atoms with van der Waals surface area (Å²) in [6.45, 7) is 4.78. The molecule has 0 saturated carbocycles. The van der Waals surface area contributed by atoms with Crippen LogP contribution < -0.4 is 10.2 Å². The molecule has 3 atom stereocenters. The van der Waals surface area contributed by atoms with Crippen LogP contribution in [0.25, 0.3) is 0 Å². The Morgan fingerprint density at radius 1 is 0.472 bits per heavy atom. The van der Waals surface area contributed by atoms with E-state index < -0.39 is 20.0 Å². The van der Waals surface area contributed by atoms with Crippen LogP contribution in [0.3, 0.4) is 0 Å². The van der Waals surface area contributed by atoms with Crippen LogP contribution in [0.2, 0.25) is 0 Å². The lowest BCUT2D eigenvalue weighted by Gasteiger charge is -2.30. The van der Waals surface area contributed by atoms with Gasteiger partial charge in [-0.25, -0.2) is 0 Å². The zero-order valence-corrected chi connectivity index (χ0v) is 50.1. The van der Waals surface area contributed by atoms with Gasteiger partial charge in [0.25, 0.3) is 7.82 Å². The number of phosphoric acid groups is 1. The number of hydrogen-bond acceptors (Lipinski definition) is 6. The summed E-state index contributed by atoms with van der Waals surface area (Å²) >= 11 is 0. The van der Waals surface area contributed by atoms with Gasteiger partial charge in [0.15, 0.2) is 0 Å². The molecule has 0 saturated heterocycles. The maximum atomic E-state index is 13.0. The summed E-state index contributed by atoms with van der Waals surface area (Å²) in [4.78, 5) is 25.6. The first-order chi connectivity index (χ1) is 35.0. The molecule has 1 amide bonds. The second-order valence-corrected chi connectivity index (χ2v) is 24.9. The Morgan fingerprint density at radius 3 is 1.08 bits per heavy atom. The van der Waals surface area contributed by atoms with Gasteiger partial charge in [-0.15, -0.1) is 0 Å². The van der Waals surface area contributed by atoms with Crippen LogP contribution in [-0.2, 0) is 18.4 Å². The van der Waals surface area contributed by atoms with E-state index in [9.17, 15) is 19.4 Å². The number of rotatable bonds is 60. The Balaban J connectivity index is 4.05. The van der Waals surface area contributed by atoms with E-state index in [0.29, 0.717) is 23.9 Å². The zero-order chi connectivity index (χ0) is 52.7. The van der Waals surface area contributed by atoms with Crippen LogP contribution in [0.4, 0.5) is 0 Å². The standard InChI is InChI=1S/C63H127N2O6P/c1-6-8-10-12-14-16-18-20-22-24-26-28-29-30-31-32-33-34-35-37-38-40-42-44-46-48-50-52-54-56-62(66)61(60-71-72(68,69)70-59-58-65(3,4)5)64-63(67)57-55-53-51-49-47-45-43-41-39-36-27-25-23-21-19-17-15-13-11-9-7-2/h25,27,61-62,66H,6-24,26,28-60H2,1-5H3,(H-,64,67,68,69)/b27-25-. The number of quaternary nitrogens is 1. The van der Waals surface area contributed by atoms with Crippen LogP contribution in [0.1, 0.15) is 335 Å². The number of phosphoric ester groups is 1. The van der Waals surface area contributed by atoms with Crippen molar-refractivity contribution < 1.29 is 32.9 Å². The fourth-order valence-electron chi connectivity index (χ4n) is 9.98. The predicted molar refractivity (Wildman–Crippen MR) is 312 cm³/mol. The molecule has 8 nitrogen and oxygen atoms in total. The maximum Gasteiger partial charge on any atom is 0.268 e. The Bertz CT molecular complexity index is 1180. The van der Waals surface area contributed by atoms with E-state index in [1.54, 1.807) is 0 Å². The molecule has 0 fully saturated rings. The first kappa shape index (κ1) is 71.2. The number of hydrogen-bond donors (Lipinski definition) is 2. The van der Waals surface area contributed by atoms with Crippen LogP contribution in [0.5, 0.6) is 0 Å². The number of nitrogens with zero attached hydrogens (tertiary/aromatic N) is 1. The van der Waals surface area contributed by atoms with E-state index in [2.05, 4.69) is 31.3 Å². The molecule has 0 bridgehead atoms. The summed E-state index contributed by atoms with van der Waals surface area (Å²) < 4.78 is 23.5. The van der Waals surface area contributed by atoms with Crippen molar-refractivity contribution in [2.75, 3.05) is 40.9 Å². The highest BCUT2D eigenvalue weighted by atomic mass is 31.2. The van der Waals surface area contributed by atoms with E-state index in [-0.39, 0.29) is 19.1 Å². The Hall–Kier alpha value is -0.760. The molecular weight excluding hydrogens is 912 g/mol. The molecule has 72 heavy (non-hydrogen) atoms. The second kappa shape index (κ2) is 55.0. The van der Waals surface area contributed by atoms with Crippen LogP contribution >= 0.6 is 7.82 Å². The fourth-order valence-corrected chi connectivity index (χ4v) is 10.7. The van der Waals surface area contributed by atoms with Gasteiger partial charge < -0.3 is 28.8 Å². The minimum absolute atomic E-state index is 0.0145. The lowest BCUT2D eigenvalue weighted by atomic mass is 10.0. The summed E-state index contributed by atoms with van der Waals surface area (Å²) in [5, 5.41) is 14.1. The quantitative estimate of drug-likeness (QED) is 0.0272. The largest absolute Gasteiger partial charge is 0.756 e. The third kappa shape index (κ3) is 57.0. The lowest BCUT2D eigenvalue weighted by molar-refractivity contribution is -0.870. The third-order valence-electron chi connectivity index (χ3n) is 15.0. The SMILES string of the molecule is CCCCCCCCCC/C=C\CCCCCCCCCCCC(=O)NC(COP(=O)([O-])OCC[N+](C)(C)C)C(O)CCCCCCCCCCCCCCCCCCCCCCCCCCCCCCC. The predicted octanol–water partition coefficient (Wildman–Crippen LogP) is 19.1. The van der Waals surface area contributed by atoms with Crippen LogP contribution in [0.15, 0.2) is 12.2 Å². The van der Waals surface area contributed by atoms with Gasteiger partial charge in [-0.05, 0) is 38.5 Å². The zero-order valence-electron chi connectivity index (χ0n) is 49.2. The third-order valence-corrected chi connectivity index (χ3v) is 16.0. The van der Waals surface area contributed by atoms with Gasteiger partial charge in [0.2, 0.25) is 5.91 Å². The molecule has 0 aromatic rings. The second-order valence-electron chi connectivity index (χ2n) is 23.5. The summed E-state index contributed by atoms with van der Waals surface area (Å²) in [6, 6.07) is -0.800. The number of aliphatic hydroxyl groups is 1. The minimum atomic E-state index is -4.57. The van der Waals surface area contributed by atoms with E-state index in [4.69, 9.17) is 9.05 Å². The van der Waals surface area contributed by atoms with Crippen LogP contribution in [0, 0.1) is 0 Å². The topological polar surface area (TPSA) is 108 Å². The van der Waals surface area contributed by atoms with Gasteiger partial charge >= 0.3 is 0 Å². The van der Waals surface area contributed by atoms with Gasteiger partial charge in [0.05, 0.1) is 39.9 Å². The molecule has 0 rings (SSSR count). The lowest BCUT2D eigenvalue weighted by Crippen LogP contribution is -2.46. The number of aliphatic hydroxyl groups excluding tert-OH is 1. The Morgan fingerprint density at radius 2 is 0.764 bits per heavy atom.